The fourth-order valence-electron chi connectivity index (χ4n) is 2.04. The third kappa shape index (κ3) is 6.76. The van der Waals surface area contributed by atoms with Gasteiger partial charge < -0.3 is 0 Å². The minimum absolute atomic E-state index is 0.560. The summed E-state index contributed by atoms with van der Waals surface area (Å²) in [6.07, 6.45) is 7.24. The largest absolute Gasteiger partial charge is 0.0879 e. The van der Waals surface area contributed by atoms with E-state index < -0.39 is 0 Å². The Bertz CT molecular complexity index is 175. The summed E-state index contributed by atoms with van der Waals surface area (Å²) in [7, 11) is 0. The smallest absolute Gasteiger partial charge is 0.0271 e. The molecular weight excluding hydrogens is 624 g/mol. The molecule has 6 heteroatoms. The van der Waals surface area contributed by atoms with Crippen LogP contribution in [0.15, 0.2) is 0 Å². The maximum atomic E-state index is 3.82. The standard InChI is InChI=1S/C12H18Br6/c13-7-1-2-8(14)10(16)5-6-12(18)11(17)4-3-9(7)15/h7-12H,1-6H2/t7-,8-,9-,10?,11+,12-/m1/s1. The van der Waals surface area contributed by atoms with Gasteiger partial charge in [-0.05, 0) is 38.5 Å². The maximum Gasteiger partial charge on any atom is 0.0271 e. The van der Waals surface area contributed by atoms with Gasteiger partial charge in [0.2, 0.25) is 0 Å². The third-order valence-corrected chi connectivity index (χ3v) is 12.0. The summed E-state index contributed by atoms with van der Waals surface area (Å²) in [6, 6.07) is 0. The molecule has 1 rings (SSSR count). The van der Waals surface area contributed by atoms with Crippen LogP contribution in [0.25, 0.3) is 0 Å². The zero-order valence-corrected chi connectivity index (χ0v) is 19.5. The Hall–Kier alpha value is 2.88. The molecule has 108 valence electrons. The molecule has 0 bridgehead atoms. The van der Waals surface area contributed by atoms with E-state index >= 15 is 0 Å². The van der Waals surface area contributed by atoms with Gasteiger partial charge in [0.1, 0.15) is 0 Å². The quantitative estimate of drug-likeness (QED) is 0.252. The summed E-state index contributed by atoms with van der Waals surface area (Å²) in [6.45, 7) is 0. The van der Waals surface area contributed by atoms with E-state index in [0.717, 1.165) is 0 Å². The topological polar surface area (TPSA) is 0 Å². The molecule has 1 fully saturated rings. The van der Waals surface area contributed by atoms with Crippen molar-refractivity contribution in [2.45, 2.75) is 67.5 Å². The molecule has 1 unspecified atom stereocenters. The first-order valence-electron chi connectivity index (χ1n) is 6.26. The Morgan fingerprint density at radius 3 is 0.556 bits per heavy atom. The summed E-state index contributed by atoms with van der Waals surface area (Å²) in [5, 5.41) is 0. The Morgan fingerprint density at radius 2 is 0.444 bits per heavy atom. The van der Waals surface area contributed by atoms with E-state index in [0.29, 0.717) is 29.0 Å². The number of rotatable bonds is 0. The molecule has 0 spiro atoms. The summed E-state index contributed by atoms with van der Waals surface area (Å²) in [4.78, 5) is 3.36. The van der Waals surface area contributed by atoms with Crippen molar-refractivity contribution >= 4 is 95.6 Å². The molecule has 1 aliphatic carbocycles. The van der Waals surface area contributed by atoms with Gasteiger partial charge in [0.15, 0.2) is 0 Å². The fourth-order valence-corrected chi connectivity index (χ4v) is 5.21. The van der Waals surface area contributed by atoms with Crippen LogP contribution in [0, 0.1) is 0 Å². The van der Waals surface area contributed by atoms with E-state index in [2.05, 4.69) is 95.6 Å². The molecule has 1 aliphatic rings. The highest BCUT2D eigenvalue weighted by atomic mass is 79.9. The van der Waals surface area contributed by atoms with Crippen LogP contribution in [-0.4, -0.2) is 29.0 Å². The molecule has 0 nitrogen and oxygen atoms in total. The van der Waals surface area contributed by atoms with E-state index in [1.807, 2.05) is 0 Å². The maximum absolute atomic E-state index is 3.82. The van der Waals surface area contributed by atoms with Gasteiger partial charge in [0.05, 0.1) is 0 Å². The minimum atomic E-state index is 0.560. The Balaban J connectivity index is 2.61. The lowest BCUT2D eigenvalue weighted by Gasteiger charge is -2.25. The zero-order valence-electron chi connectivity index (χ0n) is 9.97. The fraction of sp³-hybridized carbons (Fsp3) is 1.00. The highest BCUT2D eigenvalue weighted by Gasteiger charge is 2.25. The second-order valence-corrected chi connectivity index (χ2v) is 11.9. The third-order valence-electron chi connectivity index (χ3n) is 3.33. The van der Waals surface area contributed by atoms with Crippen molar-refractivity contribution in [1.82, 2.24) is 0 Å². The van der Waals surface area contributed by atoms with E-state index in [4.69, 9.17) is 0 Å². The first-order valence-corrected chi connectivity index (χ1v) is 11.8. The first kappa shape index (κ1) is 18.9. The van der Waals surface area contributed by atoms with Gasteiger partial charge in [-0.15, -0.1) is 0 Å². The molecule has 0 aliphatic heterocycles. The Labute approximate surface area is 161 Å². The van der Waals surface area contributed by atoms with E-state index in [1.54, 1.807) is 0 Å². The number of halogens is 6. The molecule has 0 radical (unpaired) electrons. The highest BCUT2D eigenvalue weighted by Crippen LogP contribution is 2.34. The average molecular weight is 642 g/mol. The van der Waals surface area contributed by atoms with Gasteiger partial charge in [0.25, 0.3) is 0 Å². The molecule has 0 saturated heterocycles. The number of hydrogen-bond donors (Lipinski definition) is 0. The van der Waals surface area contributed by atoms with Gasteiger partial charge in [-0.1, -0.05) is 95.6 Å². The summed E-state index contributed by atoms with van der Waals surface area (Å²) < 4.78 is 0. The SMILES string of the molecule is BrC1CC[C@@H](Br)[C@@H](Br)CC[C@@H](Br)[C@H](Br)CC[C@H]1Br. The van der Waals surface area contributed by atoms with Crippen LogP contribution in [0.3, 0.4) is 0 Å². The van der Waals surface area contributed by atoms with Crippen LogP contribution >= 0.6 is 95.6 Å². The van der Waals surface area contributed by atoms with Crippen molar-refractivity contribution in [3.8, 4) is 0 Å². The van der Waals surface area contributed by atoms with Crippen LogP contribution in [-0.2, 0) is 0 Å². The monoisotopic (exact) mass is 636 g/mol. The normalized spacial score (nSPS) is 45.0. The second kappa shape index (κ2) is 9.81. The second-order valence-electron chi connectivity index (χ2n) is 4.83. The molecule has 0 amide bonds. The molecule has 0 aromatic carbocycles. The number of alkyl halides is 6. The van der Waals surface area contributed by atoms with E-state index in [1.165, 1.54) is 38.5 Å². The summed E-state index contributed by atoms with van der Waals surface area (Å²) in [5.74, 6) is 0. The molecule has 6 atom stereocenters. The molecule has 0 heterocycles. The molecule has 0 aromatic heterocycles. The van der Waals surface area contributed by atoms with Crippen LogP contribution in [0.4, 0.5) is 0 Å². The van der Waals surface area contributed by atoms with Crippen LogP contribution in [0.5, 0.6) is 0 Å². The highest BCUT2D eigenvalue weighted by molar-refractivity contribution is 9.13. The molecular formula is C12H18Br6. The van der Waals surface area contributed by atoms with Gasteiger partial charge >= 0.3 is 0 Å². The Kier molecular flexibility index (Phi) is 10.3. The van der Waals surface area contributed by atoms with Crippen LogP contribution < -0.4 is 0 Å². The van der Waals surface area contributed by atoms with Crippen molar-refractivity contribution < 1.29 is 0 Å². The minimum Gasteiger partial charge on any atom is -0.0879 e. The lowest BCUT2D eigenvalue weighted by atomic mass is 10.0. The van der Waals surface area contributed by atoms with Crippen molar-refractivity contribution in [2.75, 3.05) is 0 Å². The molecule has 0 N–H and O–H groups in total. The summed E-state index contributed by atoms with van der Waals surface area (Å²) in [5.41, 5.74) is 0. The Morgan fingerprint density at radius 1 is 0.333 bits per heavy atom. The van der Waals surface area contributed by atoms with Gasteiger partial charge in [-0.2, -0.15) is 0 Å². The van der Waals surface area contributed by atoms with E-state index in [9.17, 15) is 0 Å². The first-order chi connectivity index (χ1) is 8.41. The lowest BCUT2D eigenvalue weighted by Crippen LogP contribution is -2.25. The number of hydrogen-bond acceptors (Lipinski definition) is 0. The molecule has 1 saturated carbocycles. The van der Waals surface area contributed by atoms with Crippen molar-refractivity contribution in [3.63, 3.8) is 0 Å². The molecule has 18 heavy (non-hydrogen) atoms. The lowest BCUT2D eigenvalue weighted by molar-refractivity contribution is 0.557. The van der Waals surface area contributed by atoms with E-state index in [-0.39, 0.29) is 0 Å². The summed E-state index contributed by atoms with van der Waals surface area (Å²) >= 11 is 22.9. The van der Waals surface area contributed by atoms with Crippen LogP contribution in [0.2, 0.25) is 0 Å². The predicted octanol–water partition coefficient (Wildman–Crippen LogP) is 6.92. The van der Waals surface area contributed by atoms with Gasteiger partial charge in [0, 0.05) is 29.0 Å². The molecule has 0 aromatic rings. The zero-order chi connectivity index (χ0) is 13.7. The average Bonchev–Trinajstić information content (AvgIpc) is 2.36. The van der Waals surface area contributed by atoms with Gasteiger partial charge in [-0.3, -0.25) is 0 Å². The van der Waals surface area contributed by atoms with Crippen LogP contribution in [0.1, 0.15) is 38.5 Å². The van der Waals surface area contributed by atoms with Crippen molar-refractivity contribution in [3.05, 3.63) is 0 Å². The van der Waals surface area contributed by atoms with Crippen molar-refractivity contribution in [1.29, 1.82) is 0 Å². The van der Waals surface area contributed by atoms with Crippen molar-refractivity contribution in [2.24, 2.45) is 0 Å². The predicted molar refractivity (Wildman–Crippen MR) is 104 cm³/mol. The van der Waals surface area contributed by atoms with Gasteiger partial charge in [-0.25, -0.2) is 0 Å².